The van der Waals surface area contributed by atoms with Crippen molar-refractivity contribution in [3.63, 3.8) is 0 Å². The van der Waals surface area contributed by atoms with Crippen molar-refractivity contribution in [2.24, 2.45) is 0 Å². The minimum absolute atomic E-state index is 0.0125. The number of urea groups is 1. The minimum atomic E-state index is -4.20. The van der Waals surface area contributed by atoms with Crippen LogP contribution in [0.25, 0.3) is 10.8 Å². The summed E-state index contributed by atoms with van der Waals surface area (Å²) in [6.07, 6.45) is 0. The number of hydrogen-bond acceptors (Lipinski definition) is 7. The molecule has 2 aromatic carbocycles. The molecular formula is C16H14ClN5O4S. The van der Waals surface area contributed by atoms with Crippen LogP contribution in [0.4, 0.5) is 10.7 Å². The number of benzene rings is 2. The molecule has 0 aliphatic heterocycles. The number of amides is 2. The van der Waals surface area contributed by atoms with Gasteiger partial charge in [0.1, 0.15) is 5.82 Å². The normalized spacial score (nSPS) is 11.2. The summed E-state index contributed by atoms with van der Waals surface area (Å²) >= 11 is 6.15. The van der Waals surface area contributed by atoms with Crippen LogP contribution in [-0.4, -0.2) is 36.5 Å². The highest BCUT2D eigenvalue weighted by molar-refractivity contribution is 7.90. The third-order valence-electron chi connectivity index (χ3n) is 3.47. The summed E-state index contributed by atoms with van der Waals surface area (Å²) in [7, 11) is -2.85. The van der Waals surface area contributed by atoms with Gasteiger partial charge in [0.15, 0.2) is 0 Å². The largest absolute Gasteiger partial charge is 0.467 e. The van der Waals surface area contributed by atoms with Crippen molar-refractivity contribution in [1.82, 2.24) is 19.7 Å². The quantitative estimate of drug-likeness (QED) is 0.680. The van der Waals surface area contributed by atoms with E-state index in [0.29, 0.717) is 16.6 Å². The topological polar surface area (TPSA) is 123 Å². The highest BCUT2D eigenvalue weighted by Crippen LogP contribution is 2.29. The Bertz CT molecular complexity index is 1130. The van der Waals surface area contributed by atoms with E-state index >= 15 is 0 Å². The molecular weight excluding hydrogens is 394 g/mol. The second-order valence-corrected chi connectivity index (χ2v) is 7.40. The van der Waals surface area contributed by atoms with Crippen LogP contribution in [0.3, 0.4) is 0 Å². The van der Waals surface area contributed by atoms with Crippen LogP contribution < -0.4 is 14.8 Å². The number of halogens is 1. The molecule has 2 amide bonds. The summed E-state index contributed by atoms with van der Waals surface area (Å²) in [6.45, 7) is 1.57. The lowest BCUT2D eigenvalue weighted by atomic mass is 10.1. The van der Waals surface area contributed by atoms with Crippen LogP contribution in [0.2, 0.25) is 5.02 Å². The van der Waals surface area contributed by atoms with E-state index in [0.717, 1.165) is 0 Å². The van der Waals surface area contributed by atoms with Crippen molar-refractivity contribution in [2.75, 3.05) is 12.4 Å². The van der Waals surface area contributed by atoms with E-state index < -0.39 is 16.1 Å². The zero-order valence-electron chi connectivity index (χ0n) is 14.2. The van der Waals surface area contributed by atoms with E-state index in [1.54, 1.807) is 37.3 Å². The van der Waals surface area contributed by atoms with Crippen molar-refractivity contribution in [3.05, 3.63) is 47.2 Å². The molecule has 1 heterocycles. The lowest BCUT2D eigenvalue weighted by Crippen LogP contribution is -2.35. The van der Waals surface area contributed by atoms with Gasteiger partial charge in [-0.05, 0) is 24.4 Å². The van der Waals surface area contributed by atoms with Crippen LogP contribution in [0.1, 0.15) is 5.82 Å². The molecule has 0 atom stereocenters. The zero-order valence-corrected chi connectivity index (χ0v) is 15.8. The van der Waals surface area contributed by atoms with E-state index in [1.807, 2.05) is 4.72 Å². The highest BCUT2D eigenvalue weighted by atomic mass is 35.5. The minimum Gasteiger partial charge on any atom is -0.467 e. The number of sulfonamides is 1. The van der Waals surface area contributed by atoms with E-state index in [-0.39, 0.29) is 21.9 Å². The predicted octanol–water partition coefficient (Wildman–Crippen LogP) is 2.51. The lowest BCUT2D eigenvalue weighted by Gasteiger charge is -2.11. The number of nitrogens with zero attached hydrogens (tertiary/aromatic N) is 3. The van der Waals surface area contributed by atoms with Crippen LogP contribution in [-0.2, 0) is 10.0 Å². The van der Waals surface area contributed by atoms with Crippen LogP contribution in [0, 0.1) is 6.92 Å². The molecule has 27 heavy (non-hydrogen) atoms. The number of ether oxygens (including phenoxy) is 1. The number of rotatable bonds is 4. The van der Waals surface area contributed by atoms with E-state index in [2.05, 4.69) is 20.3 Å². The number of fused-ring (bicyclic) bond motifs is 1. The van der Waals surface area contributed by atoms with Gasteiger partial charge in [0.05, 0.1) is 12.0 Å². The van der Waals surface area contributed by atoms with Crippen LogP contribution in [0.15, 0.2) is 41.3 Å². The number of carbonyl (C=O) groups excluding carboxylic acids is 1. The number of carbonyl (C=O) groups is 1. The Balaban J connectivity index is 1.89. The Morgan fingerprint density at radius 1 is 1.11 bits per heavy atom. The zero-order chi connectivity index (χ0) is 19.6. The first-order chi connectivity index (χ1) is 12.8. The second kappa shape index (κ2) is 7.33. The SMILES string of the molecule is COc1nc(C)nc(NC(=O)NS(=O)(=O)c2cccc3cccc(Cl)c23)n1. The maximum atomic E-state index is 12.7. The average Bonchev–Trinajstić information content (AvgIpc) is 2.60. The Kier molecular flexibility index (Phi) is 5.10. The van der Waals surface area contributed by atoms with Gasteiger partial charge in [-0.2, -0.15) is 15.0 Å². The Hall–Kier alpha value is -2.98. The van der Waals surface area contributed by atoms with Gasteiger partial charge in [-0.25, -0.2) is 17.9 Å². The fourth-order valence-electron chi connectivity index (χ4n) is 2.39. The second-order valence-electron chi connectivity index (χ2n) is 5.35. The monoisotopic (exact) mass is 407 g/mol. The van der Waals surface area contributed by atoms with E-state index in [4.69, 9.17) is 16.3 Å². The molecule has 0 fully saturated rings. The maximum Gasteiger partial charge on any atom is 0.335 e. The summed E-state index contributed by atoms with van der Waals surface area (Å²) < 4.78 is 32.2. The van der Waals surface area contributed by atoms with Gasteiger partial charge in [-0.1, -0.05) is 35.9 Å². The predicted molar refractivity (Wildman–Crippen MR) is 99.4 cm³/mol. The summed E-state index contributed by atoms with van der Waals surface area (Å²) in [5, 5.41) is 3.45. The lowest BCUT2D eigenvalue weighted by molar-refractivity contribution is 0.256. The molecule has 0 aliphatic rings. The third-order valence-corrected chi connectivity index (χ3v) is 5.16. The molecule has 0 radical (unpaired) electrons. The molecule has 0 spiro atoms. The maximum absolute atomic E-state index is 12.7. The standard InChI is InChI=1S/C16H14ClN5O4S/c1-9-18-14(21-16(19-9)26-2)20-15(23)22-27(24,25)12-8-4-6-10-5-3-7-11(17)13(10)12/h3-8H,1-2H3,(H2,18,19,20,21,22,23). The van der Waals surface area contributed by atoms with Crippen molar-refractivity contribution < 1.29 is 17.9 Å². The van der Waals surface area contributed by atoms with Crippen LogP contribution >= 0.6 is 11.6 Å². The number of nitrogens with one attached hydrogen (secondary N) is 2. The van der Waals surface area contributed by atoms with Crippen molar-refractivity contribution in [3.8, 4) is 6.01 Å². The molecule has 0 aliphatic carbocycles. The molecule has 9 nitrogen and oxygen atoms in total. The number of aryl methyl sites for hydroxylation is 1. The molecule has 0 bridgehead atoms. The van der Waals surface area contributed by atoms with Gasteiger partial charge in [0.2, 0.25) is 5.95 Å². The van der Waals surface area contributed by atoms with E-state index in [9.17, 15) is 13.2 Å². The number of aromatic nitrogens is 3. The highest BCUT2D eigenvalue weighted by Gasteiger charge is 2.22. The molecule has 140 valence electrons. The molecule has 0 unspecified atom stereocenters. The molecule has 1 aromatic heterocycles. The first kappa shape index (κ1) is 18.8. The summed E-state index contributed by atoms with van der Waals surface area (Å²) in [5.41, 5.74) is 0. The molecule has 0 saturated heterocycles. The molecule has 11 heteroatoms. The molecule has 0 saturated carbocycles. The van der Waals surface area contributed by atoms with Crippen molar-refractivity contribution in [2.45, 2.75) is 11.8 Å². The molecule has 2 N–H and O–H groups in total. The average molecular weight is 408 g/mol. The van der Waals surface area contributed by atoms with Gasteiger partial charge in [0, 0.05) is 10.4 Å². The van der Waals surface area contributed by atoms with Crippen molar-refractivity contribution in [1.29, 1.82) is 0 Å². The van der Waals surface area contributed by atoms with Gasteiger partial charge >= 0.3 is 12.0 Å². The Labute approximate surface area is 159 Å². The van der Waals surface area contributed by atoms with Gasteiger partial charge in [0.25, 0.3) is 10.0 Å². The Morgan fingerprint density at radius 3 is 2.52 bits per heavy atom. The smallest absolute Gasteiger partial charge is 0.335 e. The van der Waals surface area contributed by atoms with Gasteiger partial charge in [-0.3, -0.25) is 5.32 Å². The number of hydrogen-bond donors (Lipinski definition) is 2. The fourth-order valence-corrected chi connectivity index (χ4v) is 3.89. The first-order valence-corrected chi connectivity index (χ1v) is 9.44. The number of anilines is 1. The molecule has 3 aromatic rings. The van der Waals surface area contributed by atoms with Gasteiger partial charge in [-0.15, -0.1) is 0 Å². The summed E-state index contributed by atoms with van der Waals surface area (Å²) in [5.74, 6) is 0.142. The first-order valence-electron chi connectivity index (χ1n) is 7.58. The molecule has 3 rings (SSSR count). The van der Waals surface area contributed by atoms with Crippen molar-refractivity contribution >= 4 is 44.4 Å². The summed E-state index contributed by atoms with van der Waals surface area (Å²) in [4.78, 5) is 23.6. The third kappa shape index (κ3) is 4.07. The summed E-state index contributed by atoms with van der Waals surface area (Å²) in [6, 6.07) is 8.60. The van der Waals surface area contributed by atoms with E-state index in [1.165, 1.54) is 13.2 Å². The van der Waals surface area contributed by atoms with Gasteiger partial charge < -0.3 is 4.74 Å². The van der Waals surface area contributed by atoms with Crippen LogP contribution in [0.5, 0.6) is 6.01 Å². The Morgan fingerprint density at radius 2 is 1.81 bits per heavy atom. The number of methoxy groups -OCH3 is 1. The fraction of sp³-hybridized carbons (Fsp3) is 0.125.